The van der Waals surface area contributed by atoms with Crippen molar-refractivity contribution < 1.29 is 0 Å². The van der Waals surface area contributed by atoms with Gasteiger partial charge in [0.2, 0.25) is 0 Å². The van der Waals surface area contributed by atoms with Crippen LogP contribution < -0.4 is 5.32 Å². The molecule has 0 aromatic carbocycles. The second-order valence-electron chi connectivity index (χ2n) is 7.17. The van der Waals surface area contributed by atoms with Gasteiger partial charge in [0.05, 0.1) is 0 Å². The first-order valence-corrected chi connectivity index (χ1v) is 9.27. The molecule has 0 aromatic heterocycles. The van der Waals surface area contributed by atoms with Gasteiger partial charge in [0.15, 0.2) is 0 Å². The zero-order chi connectivity index (χ0) is 14.0. The monoisotopic (exact) mass is 280 g/mol. The fraction of sp³-hybridized carbons (Fsp3) is 1.00. The Labute approximate surface area is 126 Å². The van der Waals surface area contributed by atoms with E-state index in [1.807, 2.05) is 0 Å². The van der Waals surface area contributed by atoms with Crippen molar-refractivity contribution in [3.8, 4) is 0 Å². The third-order valence-corrected chi connectivity index (χ3v) is 5.52. The van der Waals surface area contributed by atoms with Crippen LogP contribution in [-0.4, -0.2) is 37.6 Å². The smallest absolute Gasteiger partial charge is 0.00922 e. The maximum Gasteiger partial charge on any atom is 0.00922 e. The molecule has 0 bridgehead atoms. The highest BCUT2D eigenvalue weighted by Gasteiger charge is 2.17. The lowest BCUT2D eigenvalue weighted by molar-refractivity contribution is 0.189. The second kappa shape index (κ2) is 9.78. The van der Waals surface area contributed by atoms with Crippen LogP contribution in [0.5, 0.6) is 0 Å². The molecule has 2 heteroatoms. The van der Waals surface area contributed by atoms with Gasteiger partial charge in [0.25, 0.3) is 0 Å². The standard InChI is InChI=1S/C18H36N2/c1-20(18-11-6-3-7-12-18)16-8-14-19-15-13-17-9-4-2-5-10-17/h17-19H,2-16H2,1H3. The zero-order valence-electron chi connectivity index (χ0n) is 13.7. The van der Waals surface area contributed by atoms with E-state index in [0.717, 1.165) is 12.0 Å². The Morgan fingerprint density at radius 2 is 1.50 bits per heavy atom. The van der Waals surface area contributed by atoms with E-state index in [9.17, 15) is 0 Å². The normalized spacial score (nSPS) is 22.5. The number of hydrogen-bond acceptors (Lipinski definition) is 2. The molecule has 0 heterocycles. The second-order valence-corrected chi connectivity index (χ2v) is 7.17. The summed E-state index contributed by atoms with van der Waals surface area (Å²) in [5.41, 5.74) is 0. The van der Waals surface area contributed by atoms with Crippen LogP contribution in [0.4, 0.5) is 0 Å². The lowest BCUT2D eigenvalue weighted by Crippen LogP contribution is -2.35. The summed E-state index contributed by atoms with van der Waals surface area (Å²) in [6.45, 7) is 3.74. The van der Waals surface area contributed by atoms with E-state index in [-0.39, 0.29) is 0 Å². The Hall–Kier alpha value is -0.0800. The topological polar surface area (TPSA) is 15.3 Å². The van der Waals surface area contributed by atoms with E-state index >= 15 is 0 Å². The summed E-state index contributed by atoms with van der Waals surface area (Å²) in [6.07, 6.45) is 17.4. The lowest BCUT2D eigenvalue weighted by atomic mass is 9.87. The number of nitrogens with zero attached hydrogens (tertiary/aromatic N) is 1. The van der Waals surface area contributed by atoms with Crippen LogP contribution in [0.1, 0.15) is 77.0 Å². The Bertz CT molecular complexity index is 230. The zero-order valence-corrected chi connectivity index (χ0v) is 13.7. The summed E-state index contributed by atoms with van der Waals surface area (Å²) in [4.78, 5) is 2.61. The van der Waals surface area contributed by atoms with Crippen LogP contribution in [0, 0.1) is 5.92 Å². The minimum absolute atomic E-state index is 0.881. The highest BCUT2D eigenvalue weighted by atomic mass is 15.1. The van der Waals surface area contributed by atoms with Crippen LogP contribution in [-0.2, 0) is 0 Å². The van der Waals surface area contributed by atoms with Crippen LogP contribution in [0.3, 0.4) is 0 Å². The van der Waals surface area contributed by atoms with Gasteiger partial charge >= 0.3 is 0 Å². The van der Waals surface area contributed by atoms with E-state index < -0.39 is 0 Å². The van der Waals surface area contributed by atoms with Gasteiger partial charge in [-0.05, 0) is 58.3 Å². The van der Waals surface area contributed by atoms with Gasteiger partial charge in [-0.25, -0.2) is 0 Å². The van der Waals surface area contributed by atoms with Crippen LogP contribution in [0.25, 0.3) is 0 Å². The molecule has 0 aliphatic heterocycles. The Morgan fingerprint density at radius 1 is 0.850 bits per heavy atom. The molecule has 2 aliphatic carbocycles. The molecule has 118 valence electrons. The number of rotatable bonds is 8. The van der Waals surface area contributed by atoms with Crippen molar-refractivity contribution in [1.29, 1.82) is 0 Å². The maximum atomic E-state index is 3.66. The molecule has 0 saturated heterocycles. The fourth-order valence-corrected chi connectivity index (χ4v) is 4.06. The van der Waals surface area contributed by atoms with Crippen molar-refractivity contribution in [3.63, 3.8) is 0 Å². The quantitative estimate of drug-likeness (QED) is 0.670. The van der Waals surface area contributed by atoms with E-state index in [0.29, 0.717) is 0 Å². The van der Waals surface area contributed by atoms with Crippen molar-refractivity contribution in [2.75, 3.05) is 26.7 Å². The molecule has 0 spiro atoms. The average molecular weight is 280 g/mol. The van der Waals surface area contributed by atoms with Crippen molar-refractivity contribution >= 4 is 0 Å². The van der Waals surface area contributed by atoms with Crippen molar-refractivity contribution in [3.05, 3.63) is 0 Å². The minimum atomic E-state index is 0.881. The molecular formula is C18H36N2. The Morgan fingerprint density at radius 3 is 2.20 bits per heavy atom. The molecule has 2 rings (SSSR count). The van der Waals surface area contributed by atoms with Gasteiger partial charge in [-0.2, -0.15) is 0 Å². The molecule has 2 nitrogen and oxygen atoms in total. The summed E-state index contributed by atoms with van der Waals surface area (Å²) in [7, 11) is 2.33. The van der Waals surface area contributed by atoms with Crippen molar-refractivity contribution in [2.45, 2.75) is 83.1 Å². The maximum absolute atomic E-state index is 3.66. The van der Waals surface area contributed by atoms with E-state index in [1.165, 1.54) is 96.7 Å². The van der Waals surface area contributed by atoms with Gasteiger partial charge in [0, 0.05) is 6.04 Å². The summed E-state index contributed by atoms with van der Waals surface area (Å²) in [6, 6.07) is 0.881. The molecular weight excluding hydrogens is 244 g/mol. The van der Waals surface area contributed by atoms with Crippen LogP contribution >= 0.6 is 0 Å². The fourth-order valence-electron chi connectivity index (χ4n) is 4.06. The molecule has 0 atom stereocenters. The summed E-state index contributed by atoms with van der Waals surface area (Å²) in [5.74, 6) is 1.03. The first-order valence-electron chi connectivity index (χ1n) is 9.27. The van der Waals surface area contributed by atoms with Gasteiger partial charge in [-0.1, -0.05) is 51.4 Å². The predicted octanol–water partition coefficient (Wildman–Crippen LogP) is 4.20. The van der Waals surface area contributed by atoms with Gasteiger partial charge in [0.1, 0.15) is 0 Å². The Balaban J connectivity index is 1.42. The molecule has 0 unspecified atom stereocenters. The molecule has 2 aliphatic rings. The van der Waals surface area contributed by atoms with Crippen LogP contribution in [0.2, 0.25) is 0 Å². The van der Waals surface area contributed by atoms with Crippen LogP contribution in [0.15, 0.2) is 0 Å². The lowest BCUT2D eigenvalue weighted by Gasteiger charge is -2.31. The predicted molar refractivity (Wildman–Crippen MR) is 88.2 cm³/mol. The van der Waals surface area contributed by atoms with E-state index in [2.05, 4.69) is 17.3 Å². The number of nitrogens with one attached hydrogen (secondary N) is 1. The molecule has 0 aromatic rings. The molecule has 2 fully saturated rings. The SMILES string of the molecule is CN(CCCNCCC1CCCCC1)C1CCCCC1. The van der Waals surface area contributed by atoms with Crippen molar-refractivity contribution in [1.82, 2.24) is 10.2 Å². The average Bonchev–Trinajstić information content (AvgIpc) is 2.52. The summed E-state index contributed by atoms with van der Waals surface area (Å²) < 4.78 is 0. The molecule has 20 heavy (non-hydrogen) atoms. The molecule has 2 saturated carbocycles. The Kier molecular flexibility index (Phi) is 7.97. The number of hydrogen-bond donors (Lipinski definition) is 1. The molecule has 1 N–H and O–H groups in total. The summed E-state index contributed by atoms with van der Waals surface area (Å²) in [5, 5.41) is 3.66. The minimum Gasteiger partial charge on any atom is -0.317 e. The third-order valence-electron chi connectivity index (χ3n) is 5.52. The first kappa shape index (κ1) is 16.3. The van der Waals surface area contributed by atoms with E-state index in [1.54, 1.807) is 0 Å². The summed E-state index contributed by atoms with van der Waals surface area (Å²) >= 11 is 0. The highest BCUT2D eigenvalue weighted by Crippen LogP contribution is 2.25. The van der Waals surface area contributed by atoms with E-state index in [4.69, 9.17) is 0 Å². The highest BCUT2D eigenvalue weighted by molar-refractivity contribution is 4.73. The first-order chi connectivity index (χ1) is 9.86. The largest absolute Gasteiger partial charge is 0.317 e. The molecule has 0 radical (unpaired) electrons. The molecule has 0 amide bonds. The van der Waals surface area contributed by atoms with Gasteiger partial charge in [-0.15, -0.1) is 0 Å². The van der Waals surface area contributed by atoms with Gasteiger partial charge in [-0.3, -0.25) is 0 Å². The van der Waals surface area contributed by atoms with Crippen molar-refractivity contribution in [2.24, 2.45) is 5.92 Å². The third kappa shape index (κ3) is 6.13. The van der Waals surface area contributed by atoms with Gasteiger partial charge < -0.3 is 10.2 Å².